The number of aromatic nitrogens is 3. The fourth-order valence-corrected chi connectivity index (χ4v) is 3.88. The minimum absolute atomic E-state index is 0.245. The van der Waals surface area contributed by atoms with E-state index in [4.69, 9.17) is 4.74 Å². The van der Waals surface area contributed by atoms with Crippen LogP contribution in [-0.2, 0) is 20.8 Å². The molecule has 2 unspecified atom stereocenters. The Balaban J connectivity index is 1.83. The van der Waals surface area contributed by atoms with Gasteiger partial charge in [0.15, 0.2) is 0 Å². The summed E-state index contributed by atoms with van der Waals surface area (Å²) in [5.74, 6) is 0. The summed E-state index contributed by atoms with van der Waals surface area (Å²) >= 11 is -2.43. The van der Waals surface area contributed by atoms with Gasteiger partial charge in [-0.15, -0.1) is 0 Å². The third-order valence-corrected chi connectivity index (χ3v) is 5.08. The summed E-state index contributed by atoms with van der Waals surface area (Å²) in [6.45, 7) is 0.652. The predicted molar refractivity (Wildman–Crippen MR) is 95.1 cm³/mol. The second kappa shape index (κ2) is 8.72. The van der Waals surface area contributed by atoms with Crippen molar-refractivity contribution in [1.82, 2.24) is 15.0 Å². The quantitative estimate of drug-likeness (QED) is 0.302. The monoisotopic (exact) mass is 375 g/mol. The second-order valence-corrected chi connectivity index (χ2v) is 6.65. The van der Waals surface area contributed by atoms with Gasteiger partial charge in [0.25, 0.3) is 6.47 Å². The van der Waals surface area contributed by atoms with E-state index in [9.17, 15) is 13.6 Å². The molecule has 0 saturated carbocycles. The maximum atomic E-state index is 12.0. The number of hydrogen-bond donors (Lipinski definition) is 0. The van der Waals surface area contributed by atoms with Crippen molar-refractivity contribution in [2.24, 2.45) is 0 Å². The molecule has 0 aliphatic heterocycles. The molecule has 2 aromatic rings. The molecule has 138 valence electrons. The Labute approximate surface area is 153 Å². The molecule has 9 heteroatoms. The van der Waals surface area contributed by atoms with Crippen LogP contribution in [0.3, 0.4) is 0 Å². The average molecular weight is 375 g/mol. The maximum absolute atomic E-state index is 12.0. The summed E-state index contributed by atoms with van der Waals surface area (Å²) in [6, 6.07) is 6.75. The van der Waals surface area contributed by atoms with E-state index < -0.39 is 11.3 Å². The first-order valence-corrected chi connectivity index (χ1v) is 9.33. The van der Waals surface area contributed by atoms with Gasteiger partial charge in [-0.1, -0.05) is 6.08 Å². The molecule has 2 atom stereocenters. The number of hydrogen-bond acceptors (Lipinski definition) is 6. The minimum Gasteiger partial charge on any atom is -0.755 e. The van der Waals surface area contributed by atoms with E-state index in [1.54, 1.807) is 36.7 Å². The van der Waals surface area contributed by atoms with E-state index in [1.807, 2.05) is 6.08 Å². The lowest BCUT2D eigenvalue weighted by Crippen LogP contribution is -2.39. The third kappa shape index (κ3) is 4.17. The number of carbonyl (C=O) groups excluding carboxylic acids is 1. The highest BCUT2D eigenvalue weighted by Gasteiger charge is 2.26. The summed E-state index contributed by atoms with van der Waals surface area (Å²) < 4.78 is 30.1. The molecule has 1 aliphatic rings. The number of ether oxygens (including phenoxy) is 1. The van der Waals surface area contributed by atoms with Crippen LogP contribution in [0.25, 0.3) is 5.69 Å². The molecule has 26 heavy (non-hydrogen) atoms. The zero-order chi connectivity index (χ0) is 18.4. The Morgan fingerprint density at radius 1 is 1.31 bits per heavy atom. The summed E-state index contributed by atoms with van der Waals surface area (Å²) in [5.41, 5.74) is 2.29. The Morgan fingerprint density at radius 2 is 2.04 bits per heavy atom. The fourth-order valence-electron chi connectivity index (χ4n) is 3.13. The molecule has 0 bridgehead atoms. The van der Waals surface area contributed by atoms with Crippen molar-refractivity contribution in [3.8, 4) is 5.69 Å². The molecule has 0 saturated heterocycles. The third-order valence-electron chi connectivity index (χ3n) is 4.29. The van der Waals surface area contributed by atoms with Gasteiger partial charge in [-0.25, -0.2) is 0 Å². The van der Waals surface area contributed by atoms with Crippen LogP contribution in [-0.4, -0.2) is 42.9 Å². The van der Waals surface area contributed by atoms with Crippen LogP contribution in [0.5, 0.6) is 0 Å². The summed E-state index contributed by atoms with van der Waals surface area (Å²) in [7, 11) is 0. The molecule has 1 aromatic carbocycles. The zero-order valence-corrected chi connectivity index (χ0v) is 14.9. The van der Waals surface area contributed by atoms with Gasteiger partial charge in [0.1, 0.15) is 0 Å². The van der Waals surface area contributed by atoms with E-state index in [0.717, 1.165) is 30.5 Å². The van der Waals surface area contributed by atoms with Crippen molar-refractivity contribution >= 4 is 23.4 Å². The Morgan fingerprint density at radius 3 is 2.69 bits per heavy atom. The minimum atomic E-state index is -2.43. The van der Waals surface area contributed by atoms with Crippen LogP contribution in [0, 0.1) is 0 Å². The molecule has 0 spiro atoms. The smallest absolute Gasteiger partial charge is 0.293 e. The van der Waals surface area contributed by atoms with Gasteiger partial charge >= 0.3 is 0 Å². The first kappa shape index (κ1) is 18.3. The Hall–Kier alpha value is -2.52. The molecule has 1 aromatic heterocycles. The van der Waals surface area contributed by atoms with Crippen molar-refractivity contribution in [3.63, 3.8) is 0 Å². The van der Waals surface area contributed by atoms with E-state index in [-0.39, 0.29) is 12.6 Å². The van der Waals surface area contributed by atoms with Gasteiger partial charge in [-0.05, 0) is 49.1 Å². The van der Waals surface area contributed by atoms with Crippen LogP contribution in [0.1, 0.15) is 25.7 Å². The highest BCUT2D eigenvalue weighted by molar-refractivity contribution is 7.80. The molecule has 0 amide bonds. The van der Waals surface area contributed by atoms with Gasteiger partial charge in [0, 0.05) is 23.4 Å². The van der Waals surface area contributed by atoms with Crippen LogP contribution in [0.4, 0.5) is 5.69 Å². The first-order valence-electron chi connectivity index (χ1n) is 8.30. The van der Waals surface area contributed by atoms with Gasteiger partial charge in [-0.2, -0.15) is 15.0 Å². The topological polar surface area (TPSA) is 100 Å². The number of rotatable bonds is 8. The van der Waals surface area contributed by atoms with E-state index in [0.29, 0.717) is 18.6 Å². The summed E-state index contributed by atoms with van der Waals surface area (Å²) in [4.78, 5) is 11.8. The largest absolute Gasteiger partial charge is 0.755 e. The molecular formula is C17H19N4O4S-. The Kier molecular flexibility index (Phi) is 6.13. The first-order chi connectivity index (χ1) is 12.7. The lowest BCUT2D eigenvalue weighted by atomic mass is 9.92. The highest BCUT2D eigenvalue weighted by Crippen LogP contribution is 2.31. The fraction of sp³-hybridized carbons (Fsp3) is 0.353. The molecule has 1 heterocycles. The van der Waals surface area contributed by atoms with Gasteiger partial charge in [-0.3, -0.25) is 13.3 Å². The van der Waals surface area contributed by atoms with Crippen LogP contribution < -0.4 is 4.31 Å². The highest BCUT2D eigenvalue weighted by atomic mass is 32.2. The second-order valence-electron chi connectivity index (χ2n) is 5.82. The predicted octanol–water partition coefficient (Wildman–Crippen LogP) is 1.91. The summed E-state index contributed by atoms with van der Waals surface area (Å²) in [5, 5.41) is 8.12. The number of nitrogens with zero attached hydrogens (tertiary/aromatic N) is 4. The van der Waals surface area contributed by atoms with E-state index in [1.165, 1.54) is 9.10 Å². The number of allylic oxidation sites excluding steroid dienone is 1. The number of carbonyl (C=O) groups is 1. The normalized spacial score (nSPS) is 18.0. The maximum Gasteiger partial charge on any atom is 0.293 e. The molecule has 0 N–H and O–H groups in total. The van der Waals surface area contributed by atoms with Crippen LogP contribution >= 0.6 is 0 Å². The molecule has 3 rings (SSSR count). The van der Waals surface area contributed by atoms with Crippen molar-refractivity contribution < 1.29 is 18.3 Å². The van der Waals surface area contributed by atoms with Gasteiger partial charge < -0.3 is 9.29 Å². The van der Waals surface area contributed by atoms with Crippen molar-refractivity contribution in [2.45, 2.75) is 31.7 Å². The van der Waals surface area contributed by atoms with Crippen molar-refractivity contribution in [2.75, 3.05) is 10.9 Å². The molecule has 1 aliphatic carbocycles. The van der Waals surface area contributed by atoms with Gasteiger partial charge in [0.05, 0.1) is 30.7 Å². The van der Waals surface area contributed by atoms with E-state index in [2.05, 4.69) is 10.2 Å². The number of anilines is 1. The molecule has 8 nitrogen and oxygen atoms in total. The van der Waals surface area contributed by atoms with Crippen molar-refractivity contribution in [1.29, 1.82) is 0 Å². The molecular weight excluding hydrogens is 356 g/mol. The average Bonchev–Trinajstić information content (AvgIpc) is 3.18. The summed E-state index contributed by atoms with van der Waals surface area (Å²) in [6.07, 6.45) is 8.25. The lowest BCUT2D eigenvalue weighted by Gasteiger charge is -2.38. The standard InChI is InChI=1S/C17H20N4O4S/c22-13-25-12-9-14-3-1-2-4-17(14)20(26(23)24)15-5-7-16(8-6-15)21-18-10-11-19-21/h3,5-8,10-11,13,17H,1-2,4,9,12H2,(H,23,24)/p-1. The molecule has 0 fully saturated rings. The van der Waals surface area contributed by atoms with Crippen molar-refractivity contribution in [3.05, 3.63) is 48.3 Å². The van der Waals surface area contributed by atoms with Crippen LogP contribution in [0.15, 0.2) is 48.3 Å². The van der Waals surface area contributed by atoms with Gasteiger partial charge in [0.2, 0.25) is 0 Å². The number of benzene rings is 1. The zero-order valence-electron chi connectivity index (χ0n) is 14.1. The van der Waals surface area contributed by atoms with E-state index >= 15 is 0 Å². The SMILES string of the molecule is O=COCCC1=CCCCC1N(c1ccc(-n2nccn2)cc1)S(=O)[O-]. The van der Waals surface area contributed by atoms with Crippen LogP contribution in [0.2, 0.25) is 0 Å². The Bertz CT molecular complexity index is 777. The lowest BCUT2D eigenvalue weighted by molar-refractivity contribution is -0.128. The molecule has 0 radical (unpaired) electrons.